The third-order valence-electron chi connectivity index (χ3n) is 3.05. The molecule has 0 fully saturated rings. The summed E-state index contributed by atoms with van der Waals surface area (Å²) in [5.74, 6) is -0.576. The van der Waals surface area contributed by atoms with Crippen LogP contribution in [0.3, 0.4) is 0 Å². The van der Waals surface area contributed by atoms with E-state index in [1.807, 2.05) is 24.3 Å². The first kappa shape index (κ1) is 15.8. The van der Waals surface area contributed by atoms with Gasteiger partial charge in [0, 0.05) is 12.6 Å². The van der Waals surface area contributed by atoms with Crippen LogP contribution in [0.1, 0.15) is 5.56 Å². The first-order valence-corrected chi connectivity index (χ1v) is 6.72. The molecule has 4 nitrogen and oxygen atoms in total. The largest absolute Gasteiger partial charge is 0.496 e. The van der Waals surface area contributed by atoms with Crippen LogP contribution in [0, 0.1) is 11.6 Å². The molecule has 2 N–H and O–H groups in total. The average Bonchev–Trinajstić information content (AvgIpc) is 2.51. The number of carbonyl (C=O) groups excluding carboxylic acids is 1. The fraction of sp³-hybridized carbons (Fsp3) is 0.188. The maximum Gasteiger partial charge on any atom is 0.319 e. The van der Waals surface area contributed by atoms with Gasteiger partial charge in [-0.3, -0.25) is 0 Å². The summed E-state index contributed by atoms with van der Waals surface area (Å²) in [5.41, 5.74) is 0.747. The minimum absolute atomic E-state index is 0.199. The molecule has 2 rings (SSSR count). The topological polar surface area (TPSA) is 50.4 Å². The third-order valence-corrected chi connectivity index (χ3v) is 3.05. The van der Waals surface area contributed by atoms with Crippen LogP contribution in [0.15, 0.2) is 42.5 Å². The highest BCUT2D eigenvalue weighted by Crippen LogP contribution is 2.17. The Bertz CT molecular complexity index is 662. The summed E-state index contributed by atoms with van der Waals surface area (Å²) in [7, 11) is 1.58. The molecule has 2 aromatic rings. The van der Waals surface area contributed by atoms with Gasteiger partial charge < -0.3 is 15.4 Å². The molecule has 0 bridgehead atoms. The Balaban J connectivity index is 1.87. The minimum Gasteiger partial charge on any atom is -0.496 e. The standard InChI is InChI=1S/C16H16F2N2O2/c1-22-15-5-3-2-4-11(15)8-9-19-16(21)20-14-10-12(17)6-7-13(14)18/h2-7,10H,8-9H2,1H3,(H2,19,20,21). The smallest absolute Gasteiger partial charge is 0.319 e. The van der Waals surface area contributed by atoms with Crippen molar-refractivity contribution in [3.05, 3.63) is 59.7 Å². The average molecular weight is 306 g/mol. The van der Waals surface area contributed by atoms with Crippen molar-refractivity contribution in [1.82, 2.24) is 5.32 Å². The lowest BCUT2D eigenvalue weighted by Crippen LogP contribution is -2.30. The van der Waals surface area contributed by atoms with E-state index in [1.54, 1.807) is 7.11 Å². The van der Waals surface area contributed by atoms with Gasteiger partial charge in [0.15, 0.2) is 0 Å². The van der Waals surface area contributed by atoms with Crippen molar-refractivity contribution >= 4 is 11.7 Å². The van der Waals surface area contributed by atoms with Crippen LogP contribution in [-0.4, -0.2) is 19.7 Å². The van der Waals surface area contributed by atoms with Crippen molar-refractivity contribution in [2.75, 3.05) is 19.0 Å². The molecule has 0 aliphatic carbocycles. The second kappa shape index (κ2) is 7.40. The molecule has 0 saturated heterocycles. The van der Waals surface area contributed by atoms with Gasteiger partial charge in [0.25, 0.3) is 0 Å². The molecule has 0 aromatic heterocycles. The van der Waals surface area contributed by atoms with E-state index in [4.69, 9.17) is 4.74 Å². The number of para-hydroxylation sites is 1. The zero-order chi connectivity index (χ0) is 15.9. The van der Waals surface area contributed by atoms with Crippen molar-refractivity contribution in [3.8, 4) is 5.75 Å². The summed E-state index contributed by atoms with van der Waals surface area (Å²) in [6.45, 7) is 0.336. The number of rotatable bonds is 5. The highest BCUT2D eigenvalue weighted by molar-refractivity contribution is 5.89. The number of amides is 2. The third kappa shape index (κ3) is 4.18. The molecule has 0 atom stereocenters. The summed E-state index contributed by atoms with van der Waals surface area (Å²) in [6, 6.07) is 9.73. The Morgan fingerprint density at radius 1 is 1.18 bits per heavy atom. The van der Waals surface area contributed by atoms with Crippen molar-refractivity contribution in [2.24, 2.45) is 0 Å². The molecule has 0 radical (unpaired) electrons. The number of anilines is 1. The summed E-state index contributed by atoms with van der Waals surface area (Å²) in [5, 5.41) is 4.85. The van der Waals surface area contributed by atoms with Gasteiger partial charge in [0.1, 0.15) is 17.4 Å². The quantitative estimate of drug-likeness (QED) is 0.890. The molecule has 0 aliphatic rings. The van der Waals surface area contributed by atoms with E-state index in [0.29, 0.717) is 13.0 Å². The number of hydrogen-bond donors (Lipinski definition) is 2. The Morgan fingerprint density at radius 2 is 1.95 bits per heavy atom. The van der Waals surface area contributed by atoms with Crippen LogP contribution in [0.2, 0.25) is 0 Å². The first-order valence-electron chi connectivity index (χ1n) is 6.72. The fourth-order valence-electron chi connectivity index (χ4n) is 1.98. The lowest BCUT2D eigenvalue weighted by molar-refractivity contribution is 0.252. The van der Waals surface area contributed by atoms with Crippen LogP contribution in [0.25, 0.3) is 0 Å². The highest BCUT2D eigenvalue weighted by Gasteiger charge is 2.08. The second-order valence-electron chi connectivity index (χ2n) is 4.57. The number of methoxy groups -OCH3 is 1. The Kier molecular flexibility index (Phi) is 5.30. The molecule has 116 valence electrons. The summed E-state index contributed by atoms with van der Waals surface area (Å²) in [4.78, 5) is 11.7. The zero-order valence-electron chi connectivity index (χ0n) is 12.0. The normalized spacial score (nSPS) is 10.1. The van der Waals surface area contributed by atoms with E-state index in [2.05, 4.69) is 10.6 Å². The zero-order valence-corrected chi connectivity index (χ0v) is 12.0. The van der Waals surface area contributed by atoms with Crippen molar-refractivity contribution in [1.29, 1.82) is 0 Å². The number of nitrogens with one attached hydrogen (secondary N) is 2. The van der Waals surface area contributed by atoms with Crippen LogP contribution in [0.5, 0.6) is 5.75 Å². The van der Waals surface area contributed by atoms with Crippen molar-refractivity contribution < 1.29 is 18.3 Å². The fourth-order valence-corrected chi connectivity index (χ4v) is 1.98. The molecular formula is C16H16F2N2O2. The molecule has 0 unspecified atom stereocenters. The molecule has 6 heteroatoms. The van der Waals surface area contributed by atoms with E-state index in [-0.39, 0.29) is 5.69 Å². The lowest BCUT2D eigenvalue weighted by Gasteiger charge is -2.10. The Labute approximate surface area is 127 Å². The summed E-state index contributed by atoms with van der Waals surface area (Å²) in [6.07, 6.45) is 0.559. The van der Waals surface area contributed by atoms with Gasteiger partial charge in [0.05, 0.1) is 12.8 Å². The molecule has 22 heavy (non-hydrogen) atoms. The number of benzene rings is 2. The molecule has 2 aromatic carbocycles. The molecule has 2 amide bonds. The van der Waals surface area contributed by atoms with Gasteiger partial charge in [-0.1, -0.05) is 18.2 Å². The number of carbonyl (C=O) groups is 1. The van der Waals surface area contributed by atoms with E-state index >= 15 is 0 Å². The van der Waals surface area contributed by atoms with E-state index in [1.165, 1.54) is 0 Å². The first-order chi connectivity index (χ1) is 10.6. The summed E-state index contributed by atoms with van der Waals surface area (Å²) < 4.78 is 31.6. The van der Waals surface area contributed by atoms with Crippen LogP contribution < -0.4 is 15.4 Å². The van der Waals surface area contributed by atoms with Gasteiger partial charge in [-0.05, 0) is 30.2 Å². The number of urea groups is 1. The monoisotopic (exact) mass is 306 g/mol. The summed E-state index contributed by atoms with van der Waals surface area (Å²) >= 11 is 0. The SMILES string of the molecule is COc1ccccc1CCNC(=O)Nc1cc(F)ccc1F. The lowest BCUT2D eigenvalue weighted by atomic mass is 10.1. The maximum absolute atomic E-state index is 13.4. The van der Waals surface area contributed by atoms with Crippen LogP contribution >= 0.6 is 0 Å². The molecule has 0 aliphatic heterocycles. The Morgan fingerprint density at radius 3 is 2.73 bits per heavy atom. The van der Waals surface area contributed by atoms with E-state index in [9.17, 15) is 13.6 Å². The number of hydrogen-bond acceptors (Lipinski definition) is 2. The Hall–Kier alpha value is -2.63. The number of ether oxygens (including phenoxy) is 1. The van der Waals surface area contributed by atoms with E-state index in [0.717, 1.165) is 29.5 Å². The van der Waals surface area contributed by atoms with E-state index < -0.39 is 17.7 Å². The molecule has 0 spiro atoms. The van der Waals surface area contributed by atoms with Gasteiger partial charge in [-0.25, -0.2) is 13.6 Å². The molecule has 0 heterocycles. The highest BCUT2D eigenvalue weighted by atomic mass is 19.1. The van der Waals surface area contributed by atoms with Gasteiger partial charge >= 0.3 is 6.03 Å². The van der Waals surface area contributed by atoms with Gasteiger partial charge in [-0.15, -0.1) is 0 Å². The van der Waals surface area contributed by atoms with Crippen LogP contribution in [0.4, 0.5) is 19.3 Å². The van der Waals surface area contributed by atoms with Crippen molar-refractivity contribution in [3.63, 3.8) is 0 Å². The second-order valence-corrected chi connectivity index (χ2v) is 4.57. The molecule has 0 saturated carbocycles. The van der Waals surface area contributed by atoms with Crippen molar-refractivity contribution in [2.45, 2.75) is 6.42 Å². The number of halogens is 2. The van der Waals surface area contributed by atoms with Gasteiger partial charge in [-0.2, -0.15) is 0 Å². The van der Waals surface area contributed by atoms with Gasteiger partial charge in [0.2, 0.25) is 0 Å². The predicted molar refractivity (Wildman–Crippen MR) is 80.1 cm³/mol. The van der Waals surface area contributed by atoms with Crippen LogP contribution in [-0.2, 0) is 6.42 Å². The minimum atomic E-state index is -0.693. The predicted octanol–water partition coefficient (Wildman–Crippen LogP) is 3.34. The maximum atomic E-state index is 13.4. The molecular weight excluding hydrogens is 290 g/mol.